The Bertz CT molecular complexity index is 740. The lowest BCUT2D eigenvalue weighted by molar-refractivity contribution is -0.131. The van der Waals surface area contributed by atoms with E-state index >= 15 is 0 Å². The van der Waals surface area contributed by atoms with Crippen LogP contribution in [0.1, 0.15) is 39.7 Å². The van der Waals surface area contributed by atoms with Crippen molar-refractivity contribution in [1.29, 1.82) is 0 Å². The quantitative estimate of drug-likeness (QED) is 0.364. The van der Waals surface area contributed by atoms with Crippen molar-refractivity contribution in [2.75, 3.05) is 12.3 Å². The lowest BCUT2D eigenvalue weighted by Gasteiger charge is -2.25. The molecule has 0 heterocycles. The number of benzene rings is 1. The summed E-state index contributed by atoms with van der Waals surface area (Å²) in [5.74, 6) is -1.27. The van der Waals surface area contributed by atoms with Crippen LogP contribution in [-0.2, 0) is 25.7 Å². The van der Waals surface area contributed by atoms with Gasteiger partial charge in [-0.15, -0.1) is 0 Å². The van der Waals surface area contributed by atoms with Crippen LogP contribution in [0, 0.1) is 11.8 Å². The van der Waals surface area contributed by atoms with Crippen LogP contribution < -0.4 is 16.0 Å². The first-order valence-corrected chi connectivity index (χ1v) is 10.9. The van der Waals surface area contributed by atoms with Crippen molar-refractivity contribution in [2.45, 2.75) is 52.8 Å². The fraction of sp³-hybridized carbons (Fsp3) is 0.545. The molecule has 0 aliphatic rings. The van der Waals surface area contributed by atoms with Gasteiger partial charge in [0.05, 0.1) is 12.3 Å². The molecule has 0 fully saturated rings. The number of carbonyl (C=O) groups excluding carboxylic acids is 4. The van der Waals surface area contributed by atoms with Gasteiger partial charge in [0.1, 0.15) is 18.7 Å². The molecule has 172 valence electrons. The average Bonchev–Trinajstić information content (AvgIpc) is 2.73. The summed E-state index contributed by atoms with van der Waals surface area (Å²) < 4.78 is 5.21. The zero-order valence-corrected chi connectivity index (χ0v) is 19.4. The molecular formula is C22H33N3O5S. The van der Waals surface area contributed by atoms with E-state index < -0.39 is 30.0 Å². The molecule has 0 saturated heterocycles. The van der Waals surface area contributed by atoms with E-state index in [0.29, 0.717) is 6.42 Å². The topological polar surface area (TPSA) is 114 Å². The van der Waals surface area contributed by atoms with E-state index in [2.05, 4.69) is 28.6 Å². The van der Waals surface area contributed by atoms with Crippen molar-refractivity contribution in [3.05, 3.63) is 35.9 Å². The minimum atomic E-state index is -0.864. The average molecular weight is 452 g/mol. The fourth-order valence-corrected chi connectivity index (χ4v) is 2.86. The fourth-order valence-electron chi connectivity index (χ4n) is 2.75. The minimum absolute atomic E-state index is 0.0183. The summed E-state index contributed by atoms with van der Waals surface area (Å²) in [4.78, 5) is 49.0. The van der Waals surface area contributed by atoms with Crippen molar-refractivity contribution < 1.29 is 23.9 Å². The lowest BCUT2D eigenvalue weighted by atomic mass is 10.00. The maximum absolute atomic E-state index is 12.9. The number of hydrogen-bond donors (Lipinski definition) is 4. The molecule has 1 aromatic carbocycles. The van der Waals surface area contributed by atoms with Gasteiger partial charge in [0.25, 0.3) is 0 Å². The first-order valence-electron chi connectivity index (χ1n) is 10.3. The molecule has 3 amide bonds. The van der Waals surface area contributed by atoms with Gasteiger partial charge in [0, 0.05) is 0 Å². The zero-order valence-electron chi connectivity index (χ0n) is 18.5. The Balaban J connectivity index is 2.74. The first-order chi connectivity index (χ1) is 14.6. The molecule has 8 nitrogen and oxygen atoms in total. The number of hydrogen-bond acceptors (Lipinski definition) is 6. The van der Waals surface area contributed by atoms with E-state index in [1.54, 1.807) is 13.8 Å². The summed E-state index contributed by atoms with van der Waals surface area (Å²) in [6.45, 7) is 7.34. The number of thiol groups is 1. The Morgan fingerprint density at radius 3 is 2.16 bits per heavy atom. The van der Waals surface area contributed by atoms with Crippen molar-refractivity contribution in [1.82, 2.24) is 16.0 Å². The monoisotopic (exact) mass is 451 g/mol. The molecule has 0 unspecified atom stereocenters. The van der Waals surface area contributed by atoms with Crippen LogP contribution in [0.2, 0.25) is 0 Å². The molecule has 0 aliphatic heterocycles. The number of ketones is 1. The van der Waals surface area contributed by atoms with Gasteiger partial charge in [-0.3, -0.25) is 14.4 Å². The second kappa shape index (κ2) is 13.7. The molecule has 1 aromatic rings. The molecule has 3 N–H and O–H groups in total. The normalized spacial score (nSPS) is 12.7. The third-order valence-electron chi connectivity index (χ3n) is 4.41. The molecule has 0 saturated carbocycles. The standard InChI is InChI=1S/C22H33N3O5S/c1-14(2)10-18(24-22(29)30-12-16-8-6-5-7-9-16)20(27)25-19(15(3)4)21(28)23-11-17(26)13-31/h5-9,14-15,18-19,31H,10-13H2,1-4H3,(H,23,28)(H,24,29)(H,25,27)/t18-,19-/m0/s1. The SMILES string of the molecule is CC(C)C[C@H](NC(=O)OCc1ccccc1)C(=O)N[C@H](C(=O)NCC(=O)CS)C(C)C. The number of ether oxygens (including phenoxy) is 1. The second-order valence-electron chi connectivity index (χ2n) is 8.03. The number of rotatable bonds is 12. The smallest absolute Gasteiger partial charge is 0.408 e. The Hall–Kier alpha value is -2.55. The molecule has 31 heavy (non-hydrogen) atoms. The third-order valence-corrected chi connectivity index (χ3v) is 4.76. The molecule has 1 rings (SSSR count). The maximum Gasteiger partial charge on any atom is 0.408 e. The van der Waals surface area contributed by atoms with Gasteiger partial charge in [-0.25, -0.2) is 4.79 Å². The van der Waals surface area contributed by atoms with Gasteiger partial charge in [0.2, 0.25) is 11.8 Å². The molecule has 0 aliphatic carbocycles. The second-order valence-corrected chi connectivity index (χ2v) is 8.35. The van der Waals surface area contributed by atoms with Crippen molar-refractivity contribution in [3.8, 4) is 0 Å². The van der Waals surface area contributed by atoms with Gasteiger partial charge < -0.3 is 20.7 Å². The van der Waals surface area contributed by atoms with Gasteiger partial charge in [-0.2, -0.15) is 12.6 Å². The lowest BCUT2D eigenvalue weighted by Crippen LogP contribution is -2.56. The van der Waals surface area contributed by atoms with Crippen molar-refractivity contribution in [3.63, 3.8) is 0 Å². The minimum Gasteiger partial charge on any atom is -0.445 e. The number of amides is 3. The van der Waals surface area contributed by atoms with Gasteiger partial charge in [-0.05, 0) is 23.8 Å². The summed E-state index contributed by atoms with van der Waals surface area (Å²) in [5, 5.41) is 7.80. The Labute approximate surface area is 189 Å². The van der Waals surface area contributed by atoms with Gasteiger partial charge in [-0.1, -0.05) is 58.0 Å². The summed E-state index contributed by atoms with van der Waals surface area (Å²) >= 11 is 3.87. The Kier molecular flexibility index (Phi) is 11.7. The predicted molar refractivity (Wildman–Crippen MR) is 122 cm³/mol. The van der Waals surface area contributed by atoms with Crippen LogP contribution in [0.4, 0.5) is 4.79 Å². The highest BCUT2D eigenvalue weighted by Gasteiger charge is 2.29. The summed E-state index contributed by atoms with van der Waals surface area (Å²) in [7, 11) is 0. The zero-order chi connectivity index (χ0) is 23.4. The number of nitrogens with one attached hydrogen (secondary N) is 3. The van der Waals surface area contributed by atoms with Crippen LogP contribution in [0.5, 0.6) is 0 Å². The summed E-state index contributed by atoms with van der Waals surface area (Å²) in [6.07, 6.45) is -0.341. The van der Waals surface area contributed by atoms with Gasteiger partial charge >= 0.3 is 6.09 Å². The highest BCUT2D eigenvalue weighted by molar-refractivity contribution is 7.81. The van der Waals surface area contributed by atoms with E-state index in [4.69, 9.17) is 4.74 Å². The van der Waals surface area contributed by atoms with E-state index in [0.717, 1.165) is 5.56 Å². The number of alkyl carbamates (subject to hydrolysis) is 1. The number of Topliss-reactive ketones (excluding diaryl/α,β-unsaturated/α-hetero) is 1. The van der Waals surface area contributed by atoms with Crippen LogP contribution >= 0.6 is 12.6 Å². The van der Waals surface area contributed by atoms with E-state index in [1.165, 1.54) is 0 Å². The molecule has 9 heteroatoms. The van der Waals surface area contributed by atoms with Crippen LogP contribution in [0.25, 0.3) is 0 Å². The van der Waals surface area contributed by atoms with E-state index in [1.807, 2.05) is 44.2 Å². The molecule has 0 radical (unpaired) electrons. The van der Waals surface area contributed by atoms with Crippen molar-refractivity contribution in [2.24, 2.45) is 11.8 Å². The predicted octanol–water partition coefficient (Wildman–Crippen LogP) is 2.08. The first kappa shape index (κ1) is 26.5. The maximum atomic E-state index is 12.9. The summed E-state index contributed by atoms with van der Waals surface area (Å²) in [6, 6.07) is 7.49. The molecular weight excluding hydrogens is 418 g/mol. The summed E-state index contributed by atoms with van der Waals surface area (Å²) in [5.41, 5.74) is 0.829. The molecule has 2 atom stereocenters. The Morgan fingerprint density at radius 1 is 0.968 bits per heavy atom. The van der Waals surface area contributed by atoms with E-state index in [-0.39, 0.29) is 36.5 Å². The molecule has 0 bridgehead atoms. The number of carbonyl (C=O) groups is 4. The van der Waals surface area contributed by atoms with E-state index in [9.17, 15) is 19.2 Å². The Morgan fingerprint density at radius 2 is 1.61 bits per heavy atom. The van der Waals surface area contributed by atoms with Crippen LogP contribution in [-0.4, -0.2) is 48.1 Å². The van der Waals surface area contributed by atoms with Crippen LogP contribution in [0.15, 0.2) is 30.3 Å². The molecule has 0 spiro atoms. The largest absolute Gasteiger partial charge is 0.445 e. The van der Waals surface area contributed by atoms with Gasteiger partial charge in [0.15, 0.2) is 5.78 Å². The highest BCUT2D eigenvalue weighted by Crippen LogP contribution is 2.09. The third kappa shape index (κ3) is 10.3. The van der Waals surface area contributed by atoms with Crippen LogP contribution in [0.3, 0.4) is 0 Å². The molecule has 0 aromatic heterocycles. The highest BCUT2D eigenvalue weighted by atomic mass is 32.1. The van der Waals surface area contributed by atoms with Crippen molar-refractivity contribution >= 4 is 36.3 Å².